The summed E-state index contributed by atoms with van der Waals surface area (Å²) in [5.74, 6) is -0.0121. The first-order valence-corrected chi connectivity index (χ1v) is 7.92. The standard InChI is InChI=1S/C16H24N2O2/c19-16(14-9-5-11-17-14)18-13-8-3-4-10-15(13)20-12-6-1-2-7-12/h5,9,11-13,15,17H,1-4,6-8,10H2,(H,18,19)/t13-,15+/m0/s1. The predicted octanol–water partition coefficient (Wildman–Crippen LogP) is 3.01. The third kappa shape index (κ3) is 3.23. The average molecular weight is 276 g/mol. The Labute approximate surface area is 120 Å². The van der Waals surface area contributed by atoms with Gasteiger partial charge in [0.1, 0.15) is 5.69 Å². The first-order chi connectivity index (χ1) is 9.83. The van der Waals surface area contributed by atoms with Crippen molar-refractivity contribution >= 4 is 5.91 Å². The zero-order valence-corrected chi connectivity index (χ0v) is 11.9. The Morgan fingerprint density at radius 1 is 1.15 bits per heavy atom. The molecule has 2 saturated carbocycles. The van der Waals surface area contributed by atoms with Crippen molar-refractivity contribution in [3.63, 3.8) is 0 Å². The molecular formula is C16H24N2O2. The summed E-state index contributed by atoms with van der Waals surface area (Å²) in [6.07, 6.45) is 11.9. The van der Waals surface area contributed by atoms with Crippen LogP contribution in [0, 0.1) is 0 Å². The van der Waals surface area contributed by atoms with Crippen LogP contribution >= 0.6 is 0 Å². The van der Waals surface area contributed by atoms with Crippen LogP contribution in [0.2, 0.25) is 0 Å². The van der Waals surface area contributed by atoms with Gasteiger partial charge in [0, 0.05) is 6.20 Å². The van der Waals surface area contributed by atoms with E-state index in [-0.39, 0.29) is 18.1 Å². The topological polar surface area (TPSA) is 54.1 Å². The van der Waals surface area contributed by atoms with E-state index in [4.69, 9.17) is 4.74 Å². The smallest absolute Gasteiger partial charge is 0.267 e. The van der Waals surface area contributed by atoms with E-state index in [1.807, 2.05) is 12.1 Å². The molecular weight excluding hydrogens is 252 g/mol. The zero-order chi connectivity index (χ0) is 13.8. The molecule has 0 unspecified atom stereocenters. The lowest BCUT2D eigenvalue weighted by Crippen LogP contribution is -2.47. The molecule has 3 rings (SSSR count). The van der Waals surface area contributed by atoms with Gasteiger partial charge >= 0.3 is 0 Å². The molecule has 0 aromatic carbocycles. The third-order valence-corrected chi connectivity index (χ3v) is 4.53. The van der Waals surface area contributed by atoms with E-state index in [9.17, 15) is 4.79 Å². The van der Waals surface area contributed by atoms with E-state index in [0.717, 1.165) is 12.8 Å². The van der Waals surface area contributed by atoms with Crippen LogP contribution in [0.3, 0.4) is 0 Å². The van der Waals surface area contributed by atoms with Gasteiger partial charge in [0.15, 0.2) is 0 Å². The second-order valence-corrected chi connectivity index (χ2v) is 6.03. The van der Waals surface area contributed by atoms with Crippen LogP contribution in [-0.2, 0) is 4.74 Å². The molecule has 0 saturated heterocycles. The molecule has 1 amide bonds. The van der Waals surface area contributed by atoms with Crippen molar-refractivity contribution in [3.8, 4) is 0 Å². The predicted molar refractivity (Wildman–Crippen MR) is 77.6 cm³/mol. The average Bonchev–Trinajstić information content (AvgIpc) is 3.13. The van der Waals surface area contributed by atoms with Crippen molar-refractivity contribution in [1.82, 2.24) is 10.3 Å². The van der Waals surface area contributed by atoms with Crippen molar-refractivity contribution in [3.05, 3.63) is 24.0 Å². The lowest BCUT2D eigenvalue weighted by molar-refractivity contribution is -0.0419. The highest BCUT2D eigenvalue weighted by molar-refractivity contribution is 5.92. The molecule has 4 heteroatoms. The fourth-order valence-electron chi connectivity index (χ4n) is 3.41. The van der Waals surface area contributed by atoms with Gasteiger partial charge in [-0.1, -0.05) is 25.7 Å². The minimum atomic E-state index is -0.0121. The molecule has 0 radical (unpaired) electrons. The third-order valence-electron chi connectivity index (χ3n) is 4.53. The Hall–Kier alpha value is -1.29. The fourth-order valence-corrected chi connectivity index (χ4v) is 3.41. The first-order valence-electron chi connectivity index (χ1n) is 7.92. The van der Waals surface area contributed by atoms with Gasteiger partial charge in [-0.25, -0.2) is 0 Å². The molecule has 20 heavy (non-hydrogen) atoms. The molecule has 2 fully saturated rings. The molecule has 0 aliphatic heterocycles. The molecule has 2 aliphatic carbocycles. The number of ether oxygens (including phenoxy) is 1. The second-order valence-electron chi connectivity index (χ2n) is 6.03. The maximum absolute atomic E-state index is 12.2. The second kappa shape index (κ2) is 6.44. The van der Waals surface area contributed by atoms with Crippen LogP contribution in [0.5, 0.6) is 0 Å². The molecule has 1 heterocycles. The maximum Gasteiger partial charge on any atom is 0.267 e. The van der Waals surface area contributed by atoms with Gasteiger partial charge in [-0.05, 0) is 37.8 Å². The summed E-state index contributed by atoms with van der Waals surface area (Å²) >= 11 is 0. The lowest BCUT2D eigenvalue weighted by atomic mass is 9.92. The van der Waals surface area contributed by atoms with Crippen LogP contribution in [0.25, 0.3) is 0 Å². The summed E-state index contributed by atoms with van der Waals surface area (Å²) < 4.78 is 6.26. The number of amides is 1. The minimum absolute atomic E-state index is 0.0121. The monoisotopic (exact) mass is 276 g/mol. The van der Waals surface area contributed by atoms with Gasteiger partial charge in [-0.2, -0.15) is 0 Å². The number of H-pyrrole nitrogens is 1. The summed E-state index contributed by atoms with van der Waals surface area (Å²) in [6, 6.07) is 3.83. The Morgan fingerprint density at radius 3 is 2.65 bits per heavy atom. The number of carbonyl (C=O) groups is 1. The van der Waals surface area contributed by atoms with Gasteiger partial charge in [0.25, 0.3) is 5.91 Å². The summed E-state index contributed by atoms with van der Waals surface area (Å²) in [6.45, 7) is 0. The van der Waals surface area contributed by atoms with E-state index >= 15 is 0 Å². The van der Waals surface area contributed by atoms with Gasteiger partial charge in [0.2, 0.25) is 0 Å². The maximum atomic E-state index is 12.2. The summed E-state index contributed by atoms with van der Waals surface area (Å²) in [4.78, 5) is 15.1. The van der Waals surface area contributed by atoms with Crippen LogP contribution in [-0.4, -0.2) is 29.1 Å². The van der Waals surface area contributed by atoms with E-state index < -0.39 is 0 Å². The highest BCUT2D eigenvalue weighted by atomic mass is 16.5. The van der Waals surface area contributed by atoms with Crippen molar-refractivity contribution in [2.24, 2.45) is 0 Å². The molecule has 2 N–H and O–H groups in total. The zero-order valence-electron chi connectivity index (χ0n) is 11.9. The number of carbonyl (C=O) groups excluding carboxylic acids is 1. The Morgan fingerprint density at radius 2 is 1.90 bits per heavy atom. The van der Waals surface area contributed by atoms with E-state index in [2.05, 4.69) is 10.3 Å². The number of hydrogen-bond acceptors (Lipinski definition) is 2. The summed E-state index contributed by atoms with van der Waals surface area (Å²) in [5.41, 5.74) is 0.634. The van der Waals surface area contributed by atoms with Crippen molar-refractivity contribution in [2.75, 3.05) is 0 Å². The molecule has 1 aromatic rings. The molecule has 0 spiro atoms. The van der Waals surface area contributed by atoms with Crippen LogP contribution in [0.15, 0.2) is 18.3 Å². The lowest BCUT2D eigenvalue weighted by Gasteiger charge is -2.34. The SMILES string of the molecule is O=C(N[C@H]1CCCC[C@H]1OC1CCCC1)c1ccc[nH]1. The Kier molecular flexibility index (Phi) is 4.41. The van der Waals surface area contributed by atoms with Crippen molar-refractivity contribution < 1.29 is 9.53 Å². The minimum Gasteiger partial charge on any atom is -0.373 e. The van der Waals surface area contributed by atoms with Gasteiger partial charge in [0.05, 0.1) is 18.2 Å². The Bertz CT molecular complexity index is 424. The van der Waals surface area contributed by atoms with Crippen LogP contribution < -0.4 is 5.32 Å². The molecule has 2 atom stereocenters. The summed E-state index contributed by atoms with van der Waals surface area (Å²) in [5, 5.41) is 3.15. The number of nitrogens with one attached hydrogen (secondary N) is 2. The normalized spacial score (nSPS) is 27.6. The number of aromatic nitrogens is 1. The molecule has 110 valence electrons. The van der Waals surface area contributed by atoms with E-state index in [1.165, 1.54) is 38.5 Å². The molecule has 4 nitrogen and oxygen atoms in total. The quantitative estimate of drug-likeness (QED) is 0.888. The fraction of sp³-hybridized carbons (Fsp3) is 0.688. The van der Waals surface area contributed by atoms with Gasteiger partial charge in [-0.15, -0.1) is 0 Å². The Balaban J connectivity index is 1.58. The van der Waals surface area contributed by atoms with E-state index in [0.29, 0.717) is 11.8 Å². The van der Waals surface area contributed by atoms with Crippen LogP contribution in [0.1, 0.15) is 61.9 Å². The number of aromatic amines is 1. The highest BCUT2D eigenvalue weighted by Gasteiger charge is 2.30. The van der Waals surface area contributed by atoms with Gasteiger partial charge < -0.3 is 15.0 Å². The molecule has 1 aromatic heterocycles. The molecule has 2 aliphatic rings. The van der Waals surface area contributed by atoms with Gasteiger partial charge in [-0.3, -0.25) is 4.79 Å². The van der Waals surface area contributed by atoms with Crippen molar-refractivity contribution in [2.45, 2.75) is 69.6 Å². The largest absolute Gasteiger partial charge is 0.373 e. The number of hydrogen-bond donors (Lipinski definition) is 2. The molecule has 0 bridgehead atoms. The van der Waals surface area contributed by atoms with Crippen molar-refractivity contribution in [1.29, 1.82) is 0 Å². The highest BCUT2D eigenvalue weighted by Crippen LogP contribution is 2.28. The summed E-state index contributed by atoms with van der Waals surface area (Å²) in [7, 11) is 0. The van der Waals surface area contributed by atoms with E-state index in [1.54, 1.807) is 6.20 Å². The first kappa shape index (κ1) is 13.7. The number of rotatable bonds is 4. The van der Waals surface area contributed by atoms with Crippen LogP contribution in [0.4, 0.5) is 0 Å².